The lowest BCUT2D eigenvalue weighted by Gasteiger charge is -2.29. The van der Waals surface area contributed by atoms with Crippen LogP contribution in [0.3, 0.4) is 0 Å². The molecule has 9 nitrogen and oxygen atoms in total. The van der Waals surface area contributed by atoms with Crippen molar-refractivity contribution in [3.8, 4) is 0 Å². The van der Waals surface area contributed by atoms with E-state index in [1.807, 2.05) is 36.9 Å². The van der Waals surface area contributed by atoms with Crippen LogP contribution >= 0.6 is 12.4 Å². The molecule has 2 aromatic carbocycles. The minimum Gasteiger partial charge on any atom is -0.480 e. The third-order valence-corrected chi connectivity index (χ3v) is 7.99. The fraction of sp³-hybridized carbons (Fsp3) is 0.467. The Morgan fingerprint density at radius 3 is 2.44 bits per heavy atom. The Kier molecular flexibility index (Phi) is 9.65. The summed E-state index contributed by atoms with van der Waals surface area (Å²) in [5.74, 6) is -1.67. The number of aromatic nitrogens is 2. The number of nitrogens with zero attached hydrogens (tertiary/aromatic N) is 3. The highest BCUT2D eigenvalue weighted by atomic mass is 35.5. The molecule has 220 valence electrons. The van der Waals surface area contributed by atoms with Crippen LogP contribution in [0, 0.1) is 11.7 Å². The first-order valence-corrected chi connectivity index (χ1v) is 14.0. The Bertz CT molecular complexity index is 1470. The Balaban J connectivity index is 0.00000387. The first-order valence-electron chi connectivity index (χ1n) is 14.0. The second-order valence-electron chi connectivity index (χ2n) is 11.2. The molecule has 1 aromatic heterocycles. The fourth-order valence-corrected chi connectivity index (χ4v) is 6.01. The molecule has 1 saturated carbocycles. The van der Waals surface area contributed by atoms with E-state index in [1.54, 1.807) is 0 Å². The van der Waals surface area contributed by atoms with Crippen molar-refractivity contribution >= 4 is 41.2 Å². The van der Waals surface area contributed by atoms with Gasteiger partial charge >= 0.3 is 5.97 Å². The van der Waals surface area contributed by atoms with Crippen molar-refractivity contribution in [2.75, 3.05) is 6.54 Å². The number of nitrogens with one attached hydrogen (secondary N) is 2. The second-order valence-corrected chi connectivity index (χ2v) is 11.2. The number of likely N-dealkylation sites (tertiary alicyclic amines) is 1. The maximum absolute atomic E-state index is 13.4. The largest absolute Gasteiger partial charge is 0.480 e. The van der Waals surface area contributed by atoms with Crippen molar-refractivity contribution in [2.24, 2.45) is 10.9 Å². The molecule has 2 heterocycles. The first kappa shape index (κ1) is 30.5. The van der Waals surface area contributed by atoms with Gasteiger partial charge in [-0.05, 0) is 101 Å². The molecule has 2 amide bonds. The number of hydrogen-bond donors (Lipinski definition) is 3. The van der Waals surface area contributed by atoms with Crippen LogP contribution in [0.2, 0.25) is 0 Å². The summed E-state index contributed by atoms with van der Waals surface area (Å²) in [6, 6.07) is 10.9. The Hall–Kier alpha value is -3.50. The molecular formula is C30H37ClFN5O4. The SMILES string of the molecule is CC(C)NC(=O)[C@H]1CC[C@@H](n2/c(=N/C(=O)c3ccc(F)cc3)[nH]c3ccc(CN4CCC[C@@H]4C(=O)O)cc32)CC1.Cl. The summed E-state index contributed by atoms with van der Waals surface area (Å²) in [4.78, 5) is 47.1. The van der Waals surface area contributed by atoms with Gasteiger partial charge in [0.1, 0.15) is 11.9 Å². The molecule has 5 rings (SSSR count). The molecule has 41 heavy (non-hydrogen) atoms. The zero-order valence-corrected chi connectivity index (χ0v) is 24.1. The van der Waals surface area contributed by atoms with Gasteiger partial charge < -0.3 is 20.0 Å². The zero-order valence-electron chi connectivity index (χ0n) is 23.3. The van der Waals surface area contributed by atoms with Gasteiger partial charge in [-0.1, -0.05) is 6.07 Å². The number of halogens is 2. The van der Waals surface area contributed by atoms with E-state index in [2.05, 4.69) is 19.9 Å². The third kappa shape index (κ3) is 6.87. The van der Waals surface area contributed by atoms with Crippen molar-refractivity contribution in [2.45, 2.75) is 77.0 Å². The van der Waals surface area contributed by atoms with Gasteiger partial charge in [0.15, 0.2) is 0 Å². The van der Waals surface area contributed by atoms with Crippen molar-refractivity contribution in [1.29, 1.82) is 0 Å². The highest BCUT2D eigenvalue weighted by Gasteiger charge is 2.31. The maximum Gasteiger partial charge on any atom is 0.320 e. The van der Waals surface area contributed by atoms with E-state index in [1.165, 1.54) is 24.3 Å². The van der Waals surface area contributed by atoms with E-state index in [0.717, 1.165) is 55.2 Å². The number of H-pyrrole nitrogens is 1. The first-order chi connectivity index (χ1) is 19.2. The molecule has 1 aliphatic carbocycles. The monoisotopic (exact) mass is 585 g/mol. The van der Waals surface area contributed by atoms with Gasteiger partial charge in [-0.15, -0.1) is 12.4 Å². The average molecular weight is 586 g/mol. The van der Waals surface area contributed by atoms with Gasteiger partial charge in [-0.3, -0.25) is 19.3 Å². The summed E-state index contributed by atoms with van der Waals surface area (Å²) in [5, 5.41) is 12.6. The van der Waals surface area contributed by atoms with Crippen molar-refractivity contribution < 1.29 is 23.9 Å². The fourth-order valence-electron chi connectivity index (χ4n) is 6.01. The van der Waals surface area contributed by atoms with Gasteiger partial charge in [-0.2, -0.15) is 4.99 Å². The van der Waals surface area contributed by atoms with Gasteiger partial charge in [0.05, 0.1) is 11.0 Å². The molecule has 0 spiro atoms. The third-order valence-electron chi connectivity index (χ3n) is 7.99. The molecule has 3 aromatic rings. The summed E-state index contributed by atoms with van der Waals surface area (Å²) in [7, 11) is 0. The topological polar surface area (TPSA) is 120 Å². The van der Waals surface area contributed by atoms with Crippen LogP contribution in [0.4, 0.5) is 4.39 Å². The van der Waals surface area contributed by atoms with Crippen LogP contribution in [0.25, 0.3) is 11.0 Å². The standard InChI is InChI=1S/C30H36FN5O4.ClH/c1-18(2)32-27(37)21-8-12-23(13-9-21)36-26-16-19(17-35-15-3-4-25(35)29(39)40)5-14-24(26)33-30(36)34-28(38)20-6-10-22(31)11-7-20;/h5-7,10-11,14,16,18,21,23,25H,3-4,8-9,12-13,15,17H2,1-2H3,(H,32,37)(H,39,40)(H,33,34,38);1H/t21-,23+,25-;/m1./s1. The molecule has 0 unspecified atom stereocenters. The molecule has 2 fully saturated rings. The van der Waals surface area contributed by atoms with Crippen LogP contribution in [0.5, 0.6) is 0 Å². The van der Waals surface area contributed by atoms with Crippen LogP contribution in [-0.4, -0.2) is 56.0 Å². The number of benzene rings is 2. The minimum absolute atomic E-state index is 0. The number of carboxylic acid groups (broad SMARTS) is 1. The van der Waals surface area contributed by atoms with Crippen molar-refractivity contribution in [3.05, 3.63) is 65.0 Å². The normalized spacial score (nSPS) is 21.7. The van der Waals surface area contributed by atoms with E-state index in [4.69, 9.17) is 0 Å². The van der Waals surface area contributed by atoms with Gasteiger partial charge in [0.25, 0.3) is 5.91 Å². The highest BCUT2D eigenvalue weighted by Crippen LogP contribution is 2.34. The van der Waals surface area contributed by atoms with Crippen LogP contribution < -0.4 is 10.9 Å². The van der Waals surface area contributed by atoms with Crippen LogP contribution in [0.15, 0.2) is 47.5 Å². The quantitative estimate of drug-likeness (QED) is 0.375. The number of rotatable bonds is 7. The highest BCUT2D eigenvalue weighted by molar-refractivity contribution is 5.95. The number of aromatic amines is 1. The van der Waals surface area contributed by atoms with E-state index >= 15 is 0 Å². The number of hydrogen-bond acceptors (Lipinski definition) is 4. The Labute approximate surface area is 244 Å². The minimum atomic E-state index is -0.797. The molecule has 1 atom stereocenters. The number of carbonyl (C=O) groups is 3. The summed E-state index contributed by atoms with van der Waals surface area (Å²) in [6.45, 7) is 5.16. The van der Waals surface area contributed by atoms with Gasteiger partial charge in [0.2, 0.25) is 11.5 Å². The Morgan fingerprint density at radius 2 is 1.78 bits per heavy atom. The molecule has 3 N–H and O–H groups in total. The lowest BCUT2D eigenvalue weighted by Crippen LogP contribution is -2.38. The number of aliphatic carboxylic acids is 1. The van der Waals surface area contributed by atoms with Crippen molar-refractivity contribution in [3.63, 3.8) is 0 Å². The smallest absolute Gasteiger partial charge is 0.320 e. The summed E-state index contributed by atoms with van der Waals surface area (Å²) < 4.78 is 15.5. The molecule has 2 aliphatic rings. The lowest BCUT2D eigenvalue weighted by atomic mass is 9.85. The molecule has 1 aliphatic heterocycles. The Morgan fingerprint density at radius 1 is 1.07 bits per heavy atom. The zero-order chi connectivity index (χ0) is 28.4. The molecule has 0 radical (unpaired) electrons. The number of imidazole rings is 1. The number of carbonyl (C=O) groups excluding carboxylic acids is 2. The summed E-state index contributed by atoms with van der Waals surface area (Å²) in [5.41, 5.74) is 3.36. The molecular weight excluding hydrogens is 549 g/mol. The molecule has 11 heteroatoms. The molecule has 0 bridgehead atoms. The lowest BCUT2D eigenvalue weighted by molar-refractivity contribution is -0.142. The average Bonchev–Trinajstić information content (AvgIpc) is 3.53. The number of amides is 2. The second kappa shape index (κ2) is 13.0. The van der Waals surface area contributed by atoms with Crippen molar-refractivity contribution in [1.82, 2.24) is 19.8 Å². The van der Waals surface area contributed by atoms with Gasteiger partial charge in [0, 0.05) is 30.1 Å². The van der Waals surface area contributed by atoms with Crippen LogP contribution in [0.1, 0.15) is 74.3 Å². The molecule has 1 saturated heterocycles. The van der Waals surface area contributed by atoms with E-state index < -0.39 is 23.7 Å². The van der Waals surface area contributed by atoms with E-state index in [-0.39, 0.29) is 41.9 Å². The predicted molar refractivity (Wildman–Crippen MR) is 155 cm³/mol. The maximum atomic E-state index is 13.4. The summed E-state index contributed by atoms with van der Waals surface area (Å²) >= 11 is 0. The number of fused-ring (bicyclic) bond motifs is 1. The predicted octanol–water partition coefficient (Wildman–Crippen LogP) is 4.58. The van der Waals surface area contributed by atoms with Gasteiger partial charge in [-0.25, -0.2) is 4.39 Å². The van der Waals surface area contributed by atoms with E-state index in [0.29, 0.717) is 18.6 Å². The van der Waals surface area contributed by atoms with Crippen LogP contribution in [-0.2, 0) is 16.1 Å². The number of carboxylic acids is 1. The van der Waals surface area contributed by atoms with E-state index in [9.17, 15) is 23.9 Å². The summed E-state index contributed by atoms with van der Waals surface area (Å²) in [6.07, 6.45) is 4.44.